The quantitative estimate of drug-likeness (QED) is 0.628. The van der Waals surface area contributed by atoms with Crippen LogP contribution < -0.4 is 5.73 Å². The molecule has 1 saturated heterocycles. The third-order valence-electron chi connectivity index (χ3n) is 3.13. The zero-order valence-corrected chi connectivity index (χ0v) is 11.7. The summed E-state index contributed by atoms with van der Waals surface area (Å²) in [6.07, 6.45) is 1.85. The number of morpholine rings is 1. The number of rotatable bonds is 1. The van der Waals surface area contributed by atoms with Crippen LogP contribution in [0.3, 0.4) is 0 Å². The lowest BCUT2D eigenvalue weighted by Gasteiger charge is -2.27. The van der Waals surface area contributed by atoms with Crippen LogP contribution in [0, 0.1) is 0 Å². The average Bonchev–Trinajstić information content (AvgIpc) is 2.84. The summed E-state index contributed by atoms with van der Waals surface area (Å²) in [4.78, 5) is 18.8. The highest BCUT2D eigenvalue weighted by atomic mass is 32.2. The number of nitrogens with zero attached hydrogens (tertiary/aromatic N) is 2. The van der Waals surface area contributed by atoms with Crippen molar-refractivity contribution in [3.05, 3.63) is 34.7 Å². The molecule has 2 N–H and O–H groups in total. The lowest BCUT2D eigenvalue weighted by molar-refractivity contribution is -0.113. The van der Waals surface area contributed by atoms with Crippen LogP contribution in [0.1, 0.15) is 5.56 Å². The fourth-order valence-corrected chi connectivity index (χ4v) is 3.00. The van der Waals surface area contributed by atoms with E-state index in [2.05, 4.69) is 9.89 Å². The third-order valence-corrected chi connectivity index (χ3v) is 4.17. The summed E-state index contributed by atoms with van der Waals surface area (Å²) >= 11 is 1.43. The van der Waals surface area contributed by atoms with Gasteiger partial charge in [-0.1, -0.05) is 12.1 Å². The fourth-order valence-electron chi connectivity index (χ4n) is 2.03. The Labute approximate surface area is 121 Å². The molecule has 0 saturated carbocycles. The Morgan fingerprint density at radius 1 is 1.25 bits per heavy atom. The summed E-state index contributed by atoms with van der Waals surface area (Å²) in [6.45, 7) is 2.94. The number of thioether (sulfide) groups is 1. The molecule has 2 aliphatic rings. The van der Waals surface area contributed by atoms with Crippen LogP contribution in [0.2, 0.25) is 0 Å². The maximum atomic E-state index is 11.9. The van der Waals surface area contributed by atoms with Crippen molar-refractivity contribution in [3.8, 4) is 0 Å². The van der Waals surface area contributed by atoms with Gasteiger partial charge in [-0.2, -0.15) is 4.99 Å². The van der Waals surface area contributed by atoms with E-state index in [1.54, 1.807) is 0 Å². The highest BCUT2D eigenvalue weighted by Crippen LogP contribution is 2.30. The van der Waals surface area contributed by atoms with E-state index in [1.165, 1.54) is 11.8 Å². The smallest absolute Gasteiger partial charge is 0.286 e. The van der Waals surface area contributed by atoms with E-state index in [-0.39, 0.29) is 5.91 Å². The van der Waals surface area contributed by atoms with Gasteiger partial charge in [0.15, 0.2) is 5.17 Å². The van der Waals surface area contributed by atoms with E-state index in [4.69, 9.17) is 10.5 Å². The van der Waals surface area contributed by atoms with Gasteiger partial charge in [0.1, 0.15) is 0 Å². The molecule has 0 aliphatic carbocycles. The van der Waals surface area contributed by atoms with Crippen molar-refractivity contribution in [2.24, 2.45) is 4.99 Å². The third kappa shape index (κ3) is 2.86. The van der Waals surface area contributed by atoms with E-state index in [0.717, 1.165) is 23.8 Å². The fraction of sp³-hybridized carbons (Fsp3) is 0.286. The van der Waals surface area contributed by atoms with Gasteiger partial charge in [0.25, 0.3) is 5.91 Å². The van der Waals surface area contributed by atoms with E-state index < -0.39 is 0 Å². The normalized spacial score (nSPS) is 21.4. The molecule has 3 rings (SSSR count). The van der Waals surface area contributed by atoms with Crippen LogP contribution in [-0.4, -0.2) is 42.3 Å². The van der Waals surface area contributed by atoms with Gasteiger partial charge in [-0.3, -0.25) is 4.79 Å². The molecule has 6 heteroatoms. The number of nitrogen functional groups attached to an aromatic ring is 1. The standard InChI is InChI=1S/C14H15N3O2S/c15-11-3-1-10(2-4-11)9-12-13(18)16-14(20-12)17-5-7-19-8-6-17/h1-4,9H,5-8,15H2/b12-9+. The van der Waals surface area contributed by atoms with E-state index in [9.17, 15) is 4.79 Å². The summed E-state index contributed by atoms with van der Waals surface area (Å²) in [5, 5.41) is 0.778. The molecule has 1 aromatic rings. The first-order valence-corrected chi connectivity index (χ1v) is 7.25. The van der Waals surface area contributed by atoms with Crippen molar-refractivity contribution in [2.45, 2.75) is 0 Å². The largest absolute Gasteiger partial charge is 0.399 e. The minimum atomic E-state index is -0.173. The van der Waals surface area contributed by atoms with Crippen molar-refractivity contribution in [1.82, 2.24) is 4.90 Å². The lowest BCUT2D eigenvalue weighted by atomic mass is 10.2. The van der Waals surface area contributed by atoms with Crippen molar-refractivity contribution in [2.75, 3.05) is 32.0 Å². The van der Waals surface area contributed by atoms with Crippen LogP contribution in [0.4, 0.5) is 5.69 Å². The number of hydrogen-bond acceptors (Lipinski definition) is 5. The second kappa shape index (κ2) is 5.68. The minimum Gasteiger partial charge on any atom is -0.399 e. The van der Waals surface area contributed by atoms with Gasteiger partial charge in [0.2, 0.25) is 0 Å². The van der Waals surface area contributed by atoms with E-state index >= 15 is 0 Å². The predicted molar refractivity (Wildman–Crippen MR) is 81.3 cm³/mol. The van der Waals surface area contributed by atoms with Crippen molar-refractivity contribution in [1.29, 1.82) is 0 Å². The van der Waals surface area contributed by atoms with Gasteiger partial charge in [0.05, 0.1) is 18.1 Å². The number of amidine groups is 1. The van der Waals surface area contributed by atoms with Gasteiger partial charge in [-0.15, -0.1) is 0 Å². The first-order chi connectivity index (χ1) is 9.72. The van der Waals surface area contributed by atoms with Crippen LogP contribution >= 0.6 is 11.8 Å². The molecule has 2 aliphatic heterocycles. The van der Waals surface area contributed by atoms with E-state index in [0.29, 0.717) is 23.8 Å². The van der Waals surface area contributed by atoms with Gasteiger partial charge >= 0.3 is 0 Å². The number of carbonyl (C=O) groups is 1. The highest BCUT2D eigenvalue weighted by Gasteiger charge is 2.26. The first-order valence-electron chi connectivity index (χ1n) is 6.43. The Balaban J connectivity index is 1.74. The van der Waals surface area contributed by atoms with Crippen LogP contribution in [-0.2, 0) is 9.53 Å². The number of nitrogens with two attached hydrogens (primary N) is 1. The molecule has 1 amide bonds. The van der Waals surface area contributed by atoms with Gasteiger partial charge < -0.3 is 15.4 Å². The summed E-state index contributed by atoms with van der Waals surface area (Å²) in [5.74, 6) is -0.173. The van der Waals surface area contributed by atoms with Crippen LogP contribution in [0.5, 0.6) is 0 Å². The Hall–Kier alpha value is -1.79. The summed E-state index contributed by atoms with van der Waals surface area (Å²) in [7, 11) is 0. The first kappa shape index (κ1) is 13.2. The monoisotopic (exact) mass is 289 g/mol. The number of amides is 1. The topological polar surface area (TPSA) is 67.9 Å². The van der Waals surface area contributed by atoms with E-state index in [1.807, 2.05) is 30.3 Å². The molecule has 1 aromatic carbocycles. The Bertz CT molecular complexity index is 575. The molecular formula is C14H15N3O2S. The highest BCUT2D eigenvalue weighted by molar-refractivity contribution is 8.18. The molecule has 20 heavy (non-hydrogen) atoms. The van der Waals surface area contributed by atoms with Crippen molar-refractivity contribution >= 4 is 34.6 Å². The zero-order chi connectivity index (χ0) is 13.9. The second-order valence-corrected chi connectivity index (χ2v) is 5.59. The number of hydrogen-bond donors (Lipinski definition) is 1. The lowest BCUT2D eigenvalue weighted by Crippen LogP contribution is -2.38. The molecule has 2 heterocycles. The maximum absolute atomic E-state index is 11.9. The Morgan fingerprint density at radius 3 is 2.65 bits per heavy atom. The molecule has 0 atom stereocenters. The number of anilines is 1. The Kier molecular flexibility index (Phi) is 3.75. The maximum Gasteiger partial charge on any atom is 0.286 e. The van der Waals surface area contributed by atoms with Gasteiger partial charge in [-0.25, -0.2) is 0 Å². The number of benzene rings is 1. The number of ether oxygens (including phenoxy) is 1. The van der Waals surface area contributed by atoms with Crippen molar-refractivity contribution < 1.29 is 9.53 Å². The average molecular weight is 289 g/mol. The predicted octanol–water partition coefficient (Wildman–Crippen LogP) is 1.57. The van der Waals surface area contributed by atoms with Crippen molar-refractivity contribution in [3.63, 3.8) is 0 Å². The number of carbonyl (C=O) groups excluding carboxylic acids is 1. The molecule has 0 bridgehead atoms. The molecule has 0 unspecified atom stereocenters. The minimum absolute atomic E-state index is 0.173. The summed E-state index contributed by atoms with van der Waals surface area (Å²) in [6, 6.07) is 7.42. The summed E-state index contributed by atoms with van der Waals surface area (Å²) < 4.78 is 5.30. The number of aliphatic imine (C=N–C) groups is 1. The van der Waals surface area contributed by atoms with Gasteiger partial charge in [-0.05, 0) is 35.5 Å². The Morgan fingerprint density at radius 2 is 1.95 bits per heavy atom. The molecule has 1 fully saturated rings. The SMILES string of the molecule is Nc1ccc(/C=C2/SC(N3CCOCC3)=NC2=O)cc1. The molecule has 0 radical (unpaired) electrons. The molecular weight excluding hydrogens is 274 g/mol. The van der Waals surface area contributed by atoms with Crippen LogP contribution in [0.15, 0.2) is 34.2 Å². The molecule has 104 valence electrons. The zero-order valence-electron chi connectivity index (χ0n) is 10.9. The van der Waals surface area contributed by atoms with Crippen LogP contribution in [0.25, 0.3) is 6.08 Å². The summed E-state index contributed by atoms with van der Waals surface area (Å²) in [5.41, 5.74) is 7.31. The molecule has 5 nitrogen and oxygen atoms in total. The van der Waals surface area contributed by atoms with Gasteiger partial charge in [0, 0.05) is 18.8 Å². The second-order valence-electron chi connectivity index (χ2n) is 4.58. The molecule has 0 spiro atoms. The molecule has 0 aromatic heterocycles.